The van der Waals surface area contributed by atoms with Gasteiger partial charge < -0.3 is 19.1 Å². The quantitative estimate of drug-likeness (QED) is 0.763. The Morgan fingerprint density at radius 1 is 1.11 bits per heavy atom. The zero-order chi connectivity index (χ0) is 19.0. The molecule has 3 unspecified atom stereocenters. The zero-order valence-electron chi connectivity index (χ0n) is 16.2. The number of hydrogen-bond donors (Lipinski definition) is 0. The zero-order valence-corrected chi connectivity index (χ0v) is 16.2. The predicted molar refractivity (Wildman–Crippen MR) is 98.3 cm³/mol. The molecule has 0 aromatic carbocycles. The van der Waals surface area contributed by atoms with E-state index in [9.17, 15) is 9.59 Å². The average Bonchev–Trinajstić information content (AvgIpc) is 3.46. The topological polar surface area (TPSA) is 75.9 Å². The van der Waals surface area contributed by atoms with Crippen molar-refractivity contribution in [2.45, 2.75) is 63.1 Å². The van der Waals surface area contributed by atoms with Crippen molar-refractivity contribution >= 4 is 11.8 Å². The lowest BCUT2D eigenvalue weighted by Crippen LogP contribution is -2.42. The molecule has 1 saturated carbocycles. The predicted octanol–water partition coefficient (Wildman–Crippen LogP) is 2.43. The lowest BCUT2D eigenvalue weighted by molar-refractivity contribution is -0.135. The van der Waals surface area contributed by atoms with Gasteiger partial charge in [-0.1, -0.05) is 18.0 Å². The van der Waals surface area contributed by atoms with Crippen LogP contribution < -0.4 is 0 Å². The molecule has 0 spiro atoms. The van der Waals surface area contributed by atoms with Gasteiger partial charge in [-0.05, 0) is 32.1 Å². The Labute approximate surface area is 160 Å². The number of carbonyl (C=O) groups is 2. The fourth-order valence-electron chi connectivity index (χ4n) is 4.68. The molecule has 0 radical (unpaired) electrons. The summed E-state index contributed by atoms with van der Waals surface area (Å²) in [4.78, 5) is 28.6. The Morgan fingerprint density at radius 3 is 2.52 bits per heavy atom. The number of hydrogen-bond acceptors (Lipinski definition) is 5. The van der Waals surface area contributed by atoms with E-state index >= 15 is 0 Å². The summed E-state index contributed by atoms with van der Waals surface area (Å²) < 4.78 is 11.1. The van der Waals surface area contributed by atoms with Crippen LogP contribution in [0.5, 0.6) is 0 Å². The van der Waals surface area contributed by atoms with E-state index in [0.29, 0.717) is 19.0 Å². The standard InChI is InChI=1S/C20H29N3O4/c1-22(19(24)15-11-14-7-8-17(15)26-14)9-10-23(2)20(25)18-12-16(21-27-18)13-5-3-4-6-13/h12-15,17H,3-11H2,1-2H3. The van der Waals surface area contributed by atoms with Crippen LogP contribution in [0.2, 0.25) is 0 Å². The van der Waals surface area contributed by atoms with E-state index in [0.717, 1.165) is 37.8 Å². The molecule has 1 aromatic rings. The number of likely N-dealkylation sites (N-methyl/N-ethyl adjacent to an activating group) is 2. The van der Waals surface area contributed by atoms with E-state index in [1.807, 2.05) is 0 Å². The molecule has 2 aliphatic heterocycles. The third-order valence-corrected chi connectivity index (χ3v) is 6.43. The summed E-state index contributed by atoms with van der Waals surface area (Å²) in [6.45, 7) is 0.959. The lowest BCUT2D eigenvalue weighted by Gasteiger charge is -2.26. The number of aromatic nitrogens is 1. The Morgan fingerprint density at radius 2 is 1.85 bits per heavy atom. The molecule has 4 rings (SSSR count). The molecule has 7 heteroatoms. The second-order valence-corrected chi connectivity index (χ2v) is 8.30. The largest absolute Gasteiger partial charge is 0.374 e. The van der Waals surface area contributed by atoms with Gasteiger partial charge >= 0.3 is 0 Å². The molecule has 2 saturated heterocycles. The highest BCUT2D eigenvalue weighted by atomic mass is 16.5. The van der Waals surface area contributed by atoms with Gasteiger partial charge in [0.2, 0.25) is 11.7 Å². The van der Waals surface area contributed by atoms with Gasteiger partial charge in [-0.15, -0.1) is 0 Å². The third kappa shape index (κ3) is 3.74. The Bertz CT molecular complexity index is 697. The van der Waals surface area contributed by atoms with Gasteiger partial charge in [0.1, 0.15) is 0 Å². The molecule has 3 heterocycles. The van der Waals surface area contributed by atoms with Gasteiger partial charge in [0.05, 0.1) is 23.8 Å². The van der Waals surface area contributed by atoms with Crippen molar-refractivity contribution in [1.82, 2.24) is 15.0 Å². The molecule has 148 valence electrons. The molecule has 27 heavy (non-hydrogen) atoms. The van der Waals surface area contributed by atoms with E-state index in [1.165, 1.54) is 12.8 Å². The molecule has 0 N–H and O–H groups in total. The summed E-state index contributed by atoms with van der Waals surface area (Å²) in [6.07, 6.45) is 7.94. The van der Waals surface area contributed by atoms with Crippen LogP contribution in [0.15, 0.2) is 10.6 Å². The fraction of sp³-hybridized carbons (Fsp3) is 0.750. The minimum Gasteiger partial charge on any atom is -0.374 e. The summed E-state index contributed by atoms with van der Waals surface area (Å²) in [5, 5.41) is 4.10. The highest BCUT2D eigenvalue weighted by molar-refractivity contribution is 5.91. The van der Waals surface area contributed by atoms with E-state index in [-0.39, 0.29) is 35.7 Å². The van der Waals surface area contributed by atoms with Gasteiger partial charge in [0, 0.05) is 39.2 Å². The first-order valence-corrected chi connectivity index (χ1v) is 10.2. The summed E-state index contributed by atoms with van der Waals surface area (Å²) in [5.74, 6) is 0.642. The van der Waals surface area contributed by atoms with Crippen LogP contribution in [0, 0.1) is 5.92 Å². The molecule has 1 aliphatic carbocycles. The number of fused-ring (bicyclic) bond motifs is 2. The Hall–Kier alpha value is -1.89. The van der Waals surface area contributed by atoms with Crippen molar-refractivity contribution in [3.63, 3.8) is 0 Å². The first-order chi connectivity index (χ1) is 13.0. The molecule has 3 atom stereocenters. The second-order valence-electron chi connectivity index (χ2n) is 8.30. The van der Waals surface area contributed by atoms with Crippen LogP contribution in [0.1, 0.15) is 67.1 Å². The summed E-state index contributed by atoms with van der Waals surface area (Å²) in [7, 11) is 3.54. The maximum Gasteiger partial charge on any atom is 0.292 e. The monoisotopic (exact) mass is 375 g/mol. The molecular weight excluding hydrogens is 346 g/mol. The molecule has 2 bridgehead atoms. The number of rotatable bonds is 6. The molecular formula is C20H29N3O4. The van der Waals surface area contributed by atoms with Crippen molar-refractivity contribution in [3.05, 3.63) is 17.5 Å². The van der Waals surface area contributed by atoms with Crippen molar-refractivity contribution in [3.8, 4) is 0 Å². The second kappa shape index (κ2) is 7.62. The minimum atomic E-state index is -0.184. The SMILES string of the molecule is CN(CCN(C)C(=O)C1CC2CCC1O2)C(=O)c1cc(C2CCCC2)no1. The van der Waals surface area contributed by atoms with Crippen LogP contribution in [0.3, 0.4) is 0 Å². The summed E-state index contributed by atoms with van der Waals surface area (Å²) >= 11 is 0. The van der Waals surface area contributed by atoms with Gasteiger partial charge in [0.15, 0.2) is 0 Å². The smallest absolute Gasteiger partial charge is 0.292 e. The highest BCUT2D eigenvalue weighted by Crippen LogP contribution is 2.39. The maximum atomic E-state index is 12.7. The highest BCUT2D eigenvalue weighted by Gasteiger charge is 2.45. The van der Waals surface area contributed by atoms with Crippen LogP contribution >= 0.6 is 0 Å². The average molecular weight is 375 g/mol. The van der Waals surface area contributed by atoms with Gasteiger partial charge in [-0.2, -0.15) is 0 Å². The fourth-order valence-corrected chi connectivity index (χ4v) is 4.68. The van der Waals surface area contributed by atoms with E-state index in [4.69, 9.17) is 9.26 Å². The number of nitrogens with zero attached hydrogens (tertiary/aromatic N) is 3. The Balaban J connectivity index is 1.27. The van der Waals surface area contributed by atoms with Crippen LogP contribution in [-0.2, 0) is 9.53 Å². The lowest BCUT2D eigenvalue weighted by atomic mass is 9.88. The van der Waals surface area contributed by atoms with Crippen molar-refractivity contribution in [1.29, 1.82) is 0 Å². The molecule has 1 aromatic heterocycles. The van der Waals surface area contributed by atoms with Crippen LogP contribution in [0.25, 0.3) is 0 Å². The van der Waals surface area contributed by atoms with Crippen molar-refractivity contribution < 1.29 is 18.8 Å². The van der Waals surface area contributed by atoms with Gasteiger partial charge in [-0.3, -0.25) is 9.59 Å². The molecule has 3 aliphatic rings. The number of amides is 2. The number of carbonyl (C=O) groups excluding carboxylic acids is 2. The van der Waals surface area contributed by atoms with E-state index < -0.39 is 0 Å². The normalized spacial score (nSPS) is 27.3. The van der Waals surface area contributed by atoms with Crippen molar-refractivity contribution in [2.75, 3.05) is 27.2 Å². The van der Waals surface area contributed by atoms with Crippen LogP contribution in [0.4, 0.5) is 0 Å². The van der Waals surface area contributed by atoms with Crippen LogP contribution in [-0.4, -0.2) is 66.2 Å². The minimum absolute atomic E-state index is 0.0157. The molecule has 2 amide bonds. The van der Waals surface area contributed by atoms with E-state index in [1.54, 1.807) is 30.0 Å². The first-order valence-electron chi connectivity index (χ1n) is 10.2. The summed E-state index contributed by atoms with van der Waals surface area (Å²) in [5.41, 5.74) is 0.896. The molecule has 3 fully saturated rings. The van der Waals surface area contributed by atoms with E-state index in [2.05, 4.69) is 5.16 Å². The Kier molecular flexibility index (Phi) is 5.21. The number of ether oxygens (including phenoxy) is 1. The molecule has 7 nitrogen and oxygen atoms in total. The van der Waals surface area contributed by atoms with Gasteiger partial charge in [0.25, 0.3) is 5.91 Å². The summed E-state index contributed by atoms with van der Waals surface area (Å²) in [6, 6.07) is 1.79. The third-order valence-electron chi connectivity index (χ3n) is 6.43. The van der Waals surface area contributed by atoms with Crippen molar-refractivity contribution in [2.24, 2.45) is 5.92 Å². The van der Waals surface area contributed by atoms with Gasteiger partial charge in [-0.25, -0.2) is 0 Å². The maximum absolute atomic E-state index is 12.7. The first kappa shape index (κ1) is 18.5.